The third-order valence-electron chi connectivity index (χ3n) is 6.12. The number of piperidine rings is 1. The van der Waals surface area contributed by atoms with Crippen molar-refractivity contribution >= 4 is 5.82 Å². The van der Waals surface area contributed by atoms with Crippen LogP contribution in [0.25, 0.3) is 22.3 Å². The lowest BCUT2D eigenvalue weighted by Gasteiger charge is -2.33. The number of methoxy groups -OCH3 is 1. The van der Waals surface area contributed by atoms with E-state index in [0.717, 1.165) is 12.8 Å². The highest BCUT2D eigenvalue weighted by Gasteiger charge is 2.25. The maximum Gasteiger partial charge on any atom is 0.160 e. The topological polar surface area (TPSA) is 119 Å². The predicted octanol–water partition coefficient (Wildman–Crippen LogP) is 4.13. The second kappa shape index (κ2) is 9.78. The van der Waals surface area contributed by atoms with Crippen LogP contribution >= 0.6 is 0 Å². The number of hydrogen-bond acceptors (Lipinski definition) is 7. The van der Waals surface area contributed by atoms with E-state index in [0.29, 0.717) is 52.5 Å². The lowest BCUT2D eigenvalue weighted by Crippen LogP contribution is -2.40. The zero-order valence-electron chi connectivity index (χ0n) is 18.8. The zero-order chi connectivity index (χ0) is 24.2. The molecule has 1 fully saturated rings. The first-order chi connectivity index (χ1) is 16.5. The van der Waals surface area contributed by atoms with Gasteiger partial charge in [0.2, 0.25) is 0 Å². The van der Waals surface area contributed by atoms with E-state index < -0.39 is 5.82 Å². The van der Waals surface area contributed by atoms with Gasteiger partial charge in [0.1, 0.15) is 17.7 Å². The first kappa shape index (κ1) is 23.0. The zero-order valence-corrected chi connectivity index (χ0v) is 18.8. The van der Waals surface area contributed by atoms with E-state index in [1.54, 1.807) is 30.5 Å². The Bertz CT molecular complexity index is 1300. The van der Waals surface area contributed by atoms with Crippen LogP contribution in [0.4, 0.5) is 10.2 Å². The van der Waals surface area contributed by atoms with Crippen molar-refractivity contribution in [2.75, 3.05) is 25.1 Å². The number of ether oxygens (including phenoxy) is 1. The third kappa shape index (κ3) is 4.36. The third-order valence-corrected chi connectivity index (χ3v) is 6.12. The summed E-state index contributed by atoms with van der Waals surface area (Å²) >= 11 is 0. The van der Waals surface area contributed by atoms with Gasteiger partial charge in [0.25, 0.3) is 0 Å². The molecule has 1 aliphatic heterocycles. The fraction of sp³-hybridized carbons (Fsp3) is 0.269. The molecule has 1 aromatic heterocycles. The Morgan fingerprint density at radius 1 is 1.18 bits per heavy atom. The summed E-state index contributed by atoms with van der Waals surface area (Å²) in [7, 11) is 1.46. The number of halogens is 1. The molecular weight excluding hydrogens is 433 g/mol. The summed E-state index contributed by atoms with van der Waals surface area (Å²) in [4.78, 5) is 6.82. The number of nitrogens with zero attached hydrogens (tertiary/aromatic N) is 4. The molecule has 1 aliphatic rings. The molecular formula is C26H24FN5O2. The summed E-state index contributed by atoms with van der Waals surface area (Å²) < 4.78 is 19.8. The number of benzene rings is 2. The summed E-state index contributed by atoms with van der Waals surface area (Å²) in [6.45, 7) is 1.41. The number of aromatic hydroxyl groups is 1. The highest BCUT2D eigenvalue weighted by atomic mass is 19.1. The Kier molecular flexibility index (Phi) is 6.62. The molecule has 0 radical (unpaired) electrons. The summed E-state index contributed by atoms with van der Waals surface area (Å²) in [6, 6.07) is 13.5. The van der Waals surface area contributed by atoms with Crippen molar-refractivity contribution in [2.45, 2.75) is 25.3 Å². The minimum absolute atomic E-state index is 0.0483. The minimum Gasteiger partial charge on any atom is -0.504 e. The van der Waals surface area contributed by atoms with Crippen molar-refractivity contribution in [1.29, 1.82) is 10.5 Å². The van der Waals surface area contributed by atoms with Crippen molar-refractivity contribution < 1.29 is 14.2 Å². The van der Waals surface area contributed by atoms with Gasteiger partial charge in [0.15, 0.2) is 11.5 Å². The Labute approximate surface area is 197 Å². The van der Waals surface area contributed by atoms with Gasteiger partial charge in [0.05, 0.1) is 25.2 Å². The molecule has 0 unspecified atom stereocenters. The summed E-state index contributed by atoms with van der Waals surface area (Å²) in [5.74, 6) is 0.289. The molecule has 3 N–H and O–H groups in total. The molecule has 172 valence electrons. The molecule has 0 atom stereocenters. The largest absolute Gasteiger partial charge is 0.504 e. The van der Waals surface area contributed by atoms with Crippen LogP contribution in [0.3, 0.4) is 0 Å². The predicted molar refractivity (Wildman–Crippen MR) is 127 cm³/mol. The first-order valence-corrected chi connectivity index (χ1v) is 10.9. The van der Waals surface area contributed by atoms with Crippen LogP contribution in [-0.2, 0) is 6.42 Å². The average molecular weight is 458 g/mol. The first-order valence-electron chi connectivity index (χ1n) is 10.9. The molecule has 2 heterocycles. The highest BCUT2D eigenvalue weighted by Crippen LogP contribution is 2.41. The normalized spacial score (nSPS) is 13.9. The molecule has 0 bridgehead atoms. The van der Waals surface area contributed by atoms with Crippen molar-refractivity contribution in [3.63, 3.8) is 0 Å². The van der Waals surface area contributed by atoms with Crippen LogP contribution in [-0.4, -0.2) is 36.3 Å². The van der Waals surface area contributed by atoms with Crippen LogP contribution in [0.2, 0.25) is 0 Å². The van der Waals surface area contributed by atoms with Gasteiger partial charge in [-0.2, -0.15) is 10.5 Å². The van der Waals surface area contributed by atoms with E-state index in [4.69, 9.17) is 20.7 Å². The van der Waals surface area contributed by atoms with Gasteiger partial charge in [0, 0.05) is 36.5 Å². The number of rotatable bonds is 5. The maximum atomic E-state index is 14.7. The molecule has 2 aromatic carbocycles. The van der Waals surface area contributed by atoms with Gasteiger partial charge in [-0.25, -0.2) is 9.37 Å². The van der Waals surface area contributed by atoms with E-state index in [-0.39, 0.29) is 23.8 Å². The Morgan fingerprint density at radius 3 is 2.53 bits per heavy atom. The smallest absolute Gasteiger partial charge is 0.160 e. The van der Waals surface area contributed by atoms with Gasteiger partial charge in [-0.15, -0.1) is 0 Å². The average Bonchev–Trinajstić information content (AvgIpc) is 2.84. The molecule has 1 saturated heterocycles. The fourth-order valence-electron chi connectivity index (χ4n) is 4.34. The van der Waals surface area contributed by atoms with E-state index in [2.05, 4.69) is 11.0 Å². The Morgan fingerprint density at radius 2 is 1.91 bits per heavy atom. The molecule has 8 heteroatoms. The number of phenolic OH excluding ortho intramolecular Hbond substituents is 1. The van der Waals surface area contributed by atoms with Crippen LogP contribution < -0.4 is 15.4 Å². The maximum absolute atomic E-state index is 14.7. The van der Waals surface area contributed by atoms with E-state index in [1.807, 2.05) is 6.07 Å². The minimum atomic E-state index is -0.645. The number of nitrogens with two attached hydrogens (primary N) is 1. The molecule has 34 heavy (non-hydrogen) atoms. The van der Waals surface area contributed by atoms with Crippen LogP contribution in [0, 0.1) is 28.5 Å². The number of phenols is 1. The van der Waals surface area contributed by atoms with Crippen LogP contribution in [0.1, 0.15) is 24.0 Å². The molecule has 0 saturated carbocycles. The van der Waals surface area contributed by atoms with Gasteiger partial charge >= 0.3 is 0 Å². The van der Waals surface area contributed by atoms with Crippen molar-refractivity contribution in [1.82, 2.24) is 4.98 Å². The highest BCUT2D eigenvalue weighted by molar-refractivity contribution is 5.89. The van der Waals surface area contributed by atoms with Gasteiger partial charge in [-0.05, 0) is 53.8 Å². The summed E-state index contributed by atoms with van der Waals surface area (Å²) in [5.41, 5.74) is 9.09. The molecule has 7 nitrogen and oxygen atoms in total. The number of aromatic nitrogens is 1. The molecule has 3 aromatic rings. The molecule has 0 aliphatic carbocycles. The van der Waals surface area contributed by atoms with E-state index in [9.17, 15) is 14.8 Å². The second-order valence-electron chi connectivity index (χ2n) is 8.20. The number of pyridine rings is 1. The second-order valence-corrected chi connectivity index (χ2v) is 8.20. The number of nitriles is 2. The van der Waals surface area contributed by atoms with Crippen molar-refractivity contribution in [2.24, 2.45) is 5.73 Å². The lowest BCUT2D eigenvalue weighted by molar-refractivity contribution is 0.373. The van der Waals surface area contributed by atoms with Gasteiger partial charge < -0.3 is 20.5 Å². The monoisotopic (exact) mass is 457 g/mol. The Hall–Kier alpha value is -4.14. The van der Waals surface area contributed by atoms with E-state index in [1.165, 1.54) is 19.2 Å². The standard InChI is InChI=1S/C26H24FN5O2/c1-34-24-5-4-16(13-23(24)33)21-15-31-26(32-10-7-19(30)8-11-32)20(6-9-28)25(21)17-2-3-18(14-29)22(27)12-17/h2-5,12-13,15,19,33H,6-8,10-11,30H2,1H3. The van der Waals surface area contributed by atoms with Crippen LogP contribution in [0.5, 0.6) is 11.5 Å². The SMILES string of the molecule is COc1ccc(-c2cnc(N3CCC(N)CC3)c(CC#N)c2-c2ccc(C#N)c(F)c2)cc1O. The summed E-state index contributed by atoms with van der Waals surface area (Å²) in [6.07, 6.45) is 3.35. The van der Waals surface area contributed by atoms with Gasteiger partial charge in [-0.3, -0.25) is 0 Å². The summed E-state index contributed by atoms with van der Waals surface area (Å²) in [5, 5.41) is 29.2. The Balaban J connectivity index is 1.97. The van der Waals surface area contributed by atoms with Crippen LogP contribution in [0.15, 0.2) is 42.6 Å². The molecule has 4 rings (SSSR count). The van der Waals surface area contributed by atoms with E-state index >= 15 is 0 Å². The molecule has 0 spiro atoms. The van der Waals surface area contributed by atoms with Gasteiger partial charge in [-0.1, -0.05) is 12.1 Å². The number of hydrogen-bond donors (Lipinski definition) is 2. The lowest BCUT2D eigenvalue weighted by atomic mass is 9.89. The quantitative estimate of drug-likeness (QED) is 0.591. The van der Waals surface area contributed by atoms with Crippen molar-refractivity contribution in [3.05, 3.63) is 59.5 Å². The fourth-order valence-corrected chi connectivity index (χ4v) is 4.34. The molecule has 0 amide bonds. The van der Waals surface area contributed by atoms with Crippen molar-refractivity contribution in [3.8, 4) is 45.9 Å². The number of anilines is 1.